The predicted octanol–water partition coefficient (Wildman–Crippen LogP) is 4.40. The van der Waals surface area contributed by atoms with Gasteiger partial charge in [0, 0.05) is 18.6 Å². The summed E-state index contributed by atoms with van der Waals surface area (Å²) < 4.78 is 28.4. The van der Waals surface area contributed by atoms with E-state index in [-0.39, 0.29) is 17.3 Å². The second kappa shape index (κ2) is 12.1. The fraction of sp³-hybridized carbons (Fsp3) is 0.259. The van der Waals surface area contributed by atoms with Crippen LogP contribution >= 0.6 is 11.6 Å². The molecule has 2 amide bonds. The number of hydrogen-bond acceptors (Lipinski definition) is 4. The van der Waals surface area contributed by atoms with Crippen LogP contribution in [0.5, 0.6) is 0 Å². The zero-order chi connectivity index (χ0) is 26.3. The lowest BCUT2D eigenvalue weighted by atomic mass is 10.1. The van der Waals surface area contributed by atoms with Gasteiger partial charge in [0.2, 0.25) is 11.8 Å². The van der Waals surface area contributed by atoms with Crippen LogP contribution in [0, 0.1) is 6.92 Å². The summed E-state index contributed by atoms with van der Waals surface area (Å²) >= 11 is 5.96. The number of halogens is 1. The van der Waals surface area contributed by atoms with E-state index in [1.54, 1.807) is 30.3 Å². The number of benzene rings is 3. The van der Waals surface area contributed by atoms with Crippen molar-refractivity contribution in [1.82, 2.24) is 10.2 Å². The average Bonchev–Trinajstić information content (AvgIpc) is 2.87. The molecule has 0 aliphatic carbocycles. The molecule has 3 rings (SSSR count). The lowest BCUT2D eigenvalue weighted by Gasteiger charge is -2.33. The number of nitrogens with zero attached hydrogens (tertiary/aromatic N) is 2. The smallest absolute Gasteiger partial charge is 0.264 e. The van der Waals surface area contributed by atoms with Crippen molar-refractivity contribution in [1.29, 1.82) is 0 Å². The van der Waals surface area contributed by atoms with Crippen molar-refractivity contribution in [2.24, 2.45) is 0 Å². The standard InChI is InChI=1S/C27H30ClN3O4S/c1-4-25(27(33)29-3)30(18-21-10-8-9-20(2)17-21)26(32)19-31(23-11-6-5-7-12-23)36(34,35)24-15-13-22(28)14-16-24/h5-17,25H,4,18-19H2,1-3H3,(H,29,33). The topological polar surface area (TPSA) is 86.8 Å². The van der Waals surface area contributed by atoms with Crippen molar-refractivity contribution in [2.75, 3.05) is 17.9 Å². The molecule has 36 heavy (non-hydrogen) atoms. The van der Waals surface area contributed by atoms with Crippen LogP contribution in [0.4, 0.5) is 5.69 Å². The highest BCUT2D eigenvalue weighted by atomic mass is 35.5. The van der Waals surface area contributed by atoms with Crippen LogP contribution in [0.1, 0.15) is 24.5 Å². The molecule has 1 N–H and O–H groups in total. The van der Waals surface area contributed by atoms with E-state index in [0.717, 1.165) is 15.4 Å². The number of anilines is 1. The fourth-order valence-electron chi connectivity index (χ4n) is 3.95. The molecule has 3 aromatic carbocycles. The lowest BCUT2D eigenvalue weighted by molar-refractivity contribution is -0.140. The van der Waals surface area contributed by atoms with Gasteiger partial charge >= 0.3 is 0 Å². The molecular weight excluding hydrogens is 498 g/mol. The van der Waals surface area contributed by atoms with E-state index >= 15 is 0 Å². The first-order valence-corrected chi connectivity index (χ1v) is 13.4. The first-order valence-electron chi connectivity index (χ1n) is 11.6. The molecule has 0 saturated carbocycles. The molecule has 0 aliphatic heterocycles. The summed E-state index contributed by atoms with van der Waals surface area (Å²) in [6, 6.07) is 21.1. The molecule has 1 atom stereocenters. The minimum Gasteiger partial charge on any atom is -0.357 e. The number of carbonyl (C=O) groups is 2. The number of amides is 2. The molecule has 0 radical (unpaired) electrons. The van der Waals surface area contributed by atoms with Crippen LogP contribution in [-0.2, 0) is 26.2 Å². The van der Waals surface area contributed by atoms with E-state index in [1.807, 2.05) is 38.1 Å². The molecule has 1 unspecified atom stereocenters. The monoisotopic (exact) mass is 527 g/mol. The number of carbonyl (C=O) groups excluding carboxylic acids is 2. The van der Waals surface area contributed by atoms with Gasteiger partial charge in [-0.25, -0.2) is 8.42 Å². The average molecular weight is 528 g/mol. The molecule has 0 bridgehead atoms. The molecule has 0 saturated heterocycles. The molecule has 3 aromatic rings. The van der Waals surface area contributed by atoms with Gasteiger partial charge in [-0.05, 0) is 55.3 Å². The summed E-state index contributed by atoms with van der Waals surface area (Å²) in [5.74, 6) is -0.807. The van der Waals surface area contributed by atoms with Gasteiger partial charge < -0.3 is 10.2 Å². The summed E-state index contributed by atoms with van der Waals surface area (Å²) in [6.07, 6.45) is 0.368. The Labute approximate surface area is 217 Å². The maximum Gasteiger partial charge on any atom is 0.264 e. The number of aryl methyl sites for hydroxylation is 1. The van der Waals surface area contributed by atoms with Gasteiger partial charge in [0.15, 0.2) is 0 Å². The lowest BCUT2D eigenvalue weighted by Crippen LogP contribution is -2.51. The van der Waals surface area contributed by atoms with Gasteiger partial charge in [-0.2, -0.15) is 0 Å². The Balaban J connectivity index is 2.03. The number of likely N-dealkylation sites (N-methyl/N-ethyl adjacent to an activating group) is 1. The van der Waals surface area contributed by atoms with Gasteiger partial charge in [-0.15, -0.1) is 0 Å². The van der Waals surface area contributed by atoms with Gasteiger partial charge in [0.1, 0.15) is 12.6 Å². The number of rotatable bonds is 10. The summed E-state index contributed by atoms with van der Waals surface area (Å²) in [6.45, 7) is 3.45. The first kappa shape index (κ1) is 27.2. The first-order chi connectivity index (χ1) is 17.2. The normalized spacial score (nSPS) is 12.0. The van der Waals surface area contributed by atoms with Crippen molar-refractivity contribution in [2.45, 2.75) is 37.8 Å². The third-order valence-electron chi connectivity index (χ3n) is 5.79. The van der Waals surface area contributed by atoms with Gasteiger partial charge in [0.25, 0.3) is 10.0 Å². The van der Waals surface area contributed by atoms with Crippen molar-refractivity contribution in [3.63, 3.8) is 0 Å². The third-order valence-corrected chi connectivity index (χ3v) is 7.83. The van der Waals surface area contributed by atoms with E-state index in [2.05, 4.69) is 5.32 Å². The van der Waals surface area contributed by atoms with Crippen molar-refractivity contribution >= 4 is 39.1 Å². The maximum atomic E-state index is 13.8. The minimum absolute atomic E-state index is 0.00660. The highest BCUT2D eigenvalue weighted by Crippen LogP contribution is 2.25. The van der Waals surface area contributed by atoms with E-state index < -0.39 is 28.5 Å². The van der Waals surface area contributed by atoms with Crippen LogP contribution in [0.15, 0.2) is 83.8 Å². The molecule has 0 aliphatic rings. The highest BCUT2D eigenvalue weighted by Gasteiger charge is 2.33. The second-order valence-corrected chi connectivity index (χ2v) is 10.6. The summed E-state index contributed by atoms with van der Waals surface area (Å²) in [7, 11) is -2.60. The predicted molar refractivity (Wildman–Crippen MR) is 142 cm³/mol. The Morgan fingerprint density at radius 3 is 2.22 bits per heavy atom. The van der Waals surface area contributed by atoms with Gasteiger partial charge in [0.05, 0.1) is 10.6 Å². The molecule has 0 fully saturated rings. The van der Waals surface area contributed by atoms with Crippen LogP contribution in [0.3, 0.4) is 0 Å². The fourth-order valence-corrected chi connectivity index (χ4v) is 5.49. The number of sulfonamides is 1. The summed E-state index contributed by atoms with van der Waals surface area (Å²) in [5.41, 5.74) is 2.20. The van der Waals surface area contributed by atoms with Gasteiger partial charge in [-0.3, -0.25) is 13.9 Å². The van der Waals surface area contributed by atoms with Crippen molar-refractivity contribution in [3.8, 4) is 0 Å². The summed E-state index contributed by atoms with van der Waals surface area (Å²) in [4.78, 5) is 27.9. The Bertz CT molecular complexity index is 1300. The van der Waals surface area contributed by atoms with Crippen LogP contribution in [0.2, 0.25) is 5.02 Å². The molecule has 0 heterocycles. The minimum atomic E-state index is -4.11. The van der Waals surface area contributed by atoms with Gasteiger partial charge in [-0.1, -0.05) is 66.6 Å². The Hall–Kier alpha value is -3.36. The zero-order valence-corrected chi connectivity index (χ0v) is 22.1. The van der Waals surface area contributed by atoms with E-state index in [9.17, 15) is 18.0 Å². The summed E-state index contributed by atoms with van der Waals surface area (Å²) in [5, 5.41) is 3.02. The second-order valence-electron chi connectivity index (χ2n) is 8.35. The van der Waals surface area contributed by atoms with E-state index in [1.165, 1.54) is 36.2 Å². The largest absolute Gasteiger partial charge is 0.357 e. The molecular formula is C27H30ClN3O4S. The molecule has 0 spiro atoms. The van der Waals surface area contributed by atoms with Crippen LogP contribution in [-0.4, -0.2) is 44.8 Å². The number of nitrogens with one attached hydrogen (secondary N) is 1. The van der Waals surface area contributed by atoms with Crippen molar-refractivity contribution < 1.29 is 18.0 Å². The van der Waals surface area contributed by atoms with Crippen molar-refractivity contribution in [3.05, 3.63) is 95.0 Å². The van der Waals surface area contributed by atoms with Crippen LogP contribution < -0.4 is 9.62 Å². The Kier molecular flexibility index (Phi) is 9.12. The highest BCUT2D eigenvalue weighted by molar-refractivity contribution is 7.92. The molecule has 9 heteroatoms. The SMILES string of the molecule is CCC(C(=O)NC)N(Cc1cccc(C)c1)C(=O)CN(c1ccccc1)S(=O)(=O)c1ccc(Cl)cc1. The van der Waals surface area contributed by atoms with Crippen LogP contribution in [0.25, 0.3) is 0 Å². The zero-order valence-electron chi connectivity index (χ0n) is 20.5. The number of para-hydroxylation sites is 1. The quantitative estimate of drug-likeness (QED) is 0.423. The Morgan fingerprint density at radius 2 is 1.64 bits per heavy atom. The maximum absolute atomic E-state index is 13.8. The molecule has 0 aromatic heterocycles. The molecule has 190 valence electrons. The van der Waals surface area contributed by atoms with E-state index in [4.69, 9.17) is 11.6 Å². The Morgan fingerprint density at radius 1 is 0.972 bits per heavy atom. The third kappa shape index (κ3) is 6.44. The molecule has 7 nitrogen and oxygen atoms in total. The number of hydrogen-bond donors (Lipinski definition) is 1. The van der Waals surface area contributed by atoms with E-state index in [0.29, 0.717) is 17.1 Å².